The number of nitro benzene ring substituents is 1. The molecule has 2 heterocycles. The first-order chi connectivity index (χ1) is 16.4. The van der Waals surface area contributed by atoms with Gasteiger partial charge in [0.1, 0.15) is 21.8 Å². The van der Waals surface area contributed by atoms with Crippen molar-refractivity contribution in [1.29, 1.82) is 0 Å². The van der Waals surface area contributed by atoms with Crippen molar-refractivity contribution in [2.75, 3.05) is 5.32 Å². The third-order valence-electron chi connectivity index (χ3n) is 4.59. The zero-order chi connectivity index (χ0) is 24.1. The normalized spacial score (nSPS) is 16.7. The number of benzene rings is 2. The molecule has 0 aliphatic carbocycles. The van der Waals surface area contributed by atoms with Gasteiger partial charge in [-0.3, -0.25) is 19.7 Å². The average molecular weight is 498 g/mol. The Morgan fingerprint density at radius 3 is 2.79 bits per heavy atom. The summed E-state index contributed by atoms with van der Waals surface area (Å²) < 4.78 is 5.63. The fraction of sp³-hybridized carbons (Fsp3) is 0.0909. The van der Waals surface area contributed by atoms with Gasteiger partial charge in [-0.1, -0.05) is 41.6 Å². The predicted molar refractivity (Wildman–Crippen MR) is 130 cm³/mol. The quantitative estimate of drug-likeness (QED) is 0.280. The molecule has 2 amide bonds. The number of nitro groups is 1. The number of hydrogen-bond donors (Lipinski definition) is 2. The number of nitrogens with zero attached hydrogens (tertiary/aromatic N) is 3. The highest BCUT2D eigenvalue weighted by molar-refractivity contribution is 8.15. The van der Waals surface area contributed by atoms with Crippen LogP contribution < -0.4 is 10.6 Å². The SMILES string of the molecule is O=C(CC1S/C(=N\N=C\c2ccc(-c3ccc(Cl)c([N+](=O)[O-])c3)o2)NC1=O)Nc1ccccc1. The lowest BCUT2D eigenvalue weighted by Gasteiger charge is -2.06. The third-order valence-corrected chi connectivity index (χ3v) is 5.98. The van der Waals surface area contributed by atoms with Gasteiger partial charge in [-0.05, 0) is 36.4 Å². The van der Waals surface area contributed by atoms with Crippen molar-refractivity contribution in [2.24, 2.45) is 10.2 Å². The summed E-state index contributed by atoms with van der Waals surface area (Å²) in [5.74, 6) is 0.132. The zero-order valence-electron chi connectivity index (χ0n) is 17.3. The second kappa shape index (κ2) is 10.3. The van der Waals surface area contributed by atoms with Crippen molar-refractivity contribution in [1.82, 2.24) is 5.32 Å². The lowest BCUT2D eigenvalue weighted by atomic mass is 10.1. The monoisotopic (exact) mass is 497 g/mol. The Balaban J connectivity index is 1.36. The number of amidine groups is 1. The van der Waals surface area contributed by atoms with Crippen LogP contribution in [-0.2, 0) is 9.59 Å². The van der Waals surface area contributed by atoms with E-state index in [9.17, 15) is 19.7 Å². The lowest BCUT2D eigenvalue weighted by molar-refractivity contribution is -0.384. The van der Waals surface area contributed by atoms with Crippen LogP contribution in [0.15, 0.2) is 75.3 Å². The van der Waals surface area contributed by atoms with Crippen molar-refractivity contribution < 1.29 is 18.9 Å². The van der Waals surface area contributed by atoms with E-state index in [0.717, 1.165) is 11.8 Å². The van der Waals surface area contributed by atoms with Gasteiger partial charge in [0.2, 0.25) is 11.8 Å². The van der Waals surface area contributed by atoms with Gasteiger partial charge < -0.3 is 15.1 Å². The number of nitrogens with one attached hydrogen (secondary N) is 2. The maximum Gasteiger partial charge on any atom is 0.288 e. The van der Waals surface area contributed by atoms with E-state index < -0.39 is 10.2 Å². The van der Waals surface area contributed by atoms with E-state index in [-0.39, 0.29) is 34.1 Å². The molecule has 1 fully saturated rings. The highest BCUT2D eigenvalue weighted by atomic mass is 35.5. The van der Waals surface area contributed by atoms with Gasteiger partial charge in [0.25, 0.3) is 5.69 Å². The summed E-state index contributed by atoms with van der Waals surface area (Å²) in [6.45, 7) is 0. The molecule has 10 nitrogen and oxygen atoms in total. The van der Waals surface area contributed by atoms with Crippen molar-refractivity contribution in [3.63, 3.8) is 0 Å². The summed E-state index contributed by atoms with van der Waals surface area (Å²) in [4.78, 5) is 34.8. The van der Waals surface area contributed by atoms with Gasteiger partial charge in [0, 0.05) is 23.7 Å². The molecule has 0 radical (unpaired) electrons. The molecule has 0 spiro atoms. The Bertz CT molecular complexity index is 1310. The summed E-state index contributed by atoms with van der Waals surface area (Å²) >= 11 is 6.95. The second-order valence-corrected chi connectivity index (χ2v) is 8.59. The molecule has 1 aliphatic rings. The molecular formula is C22H16ClN5O5S. The van der Waals surface area contributed by atoms with Crippen molar-refractivity contribution in [3.8, 4) is 11.3 Å². The summed E-state index contributed by atoms with van der Waals surface area (Å²) in [7, 11) is 0. The van der Waals surface area contributed by atoms with Gasteiger partial charge in [-0.2, -0.15) is 5.10 Å². The largest absolute Gasteiger partial charge is 0.455 e. The summed E-state index contributed by atoms with van der Waals surface area (Å²) in [5, 5.41) is 23.9. The van der Waals surface area contributed by atoms with Crippen molar-refractivity contribution in [3.05, 3.63) is 81.6 Å². The zero-order valence-corrected chi connectivity index (χ0v) is 18.9. The Labute approximate surface area is 202 Å². The van der Waals surface area contributed by atoms with Crippen LogP contribution in [0.3, 0.4) is 0 Å². The van der Waals surface area contributed by atoms with Crippen LogP contribution in [0.25, 0.3) is 11.3 Å². The van der Waals surface area contributed by atoms with Crippen LogP contribution in [0, 0.1) is 10.1 Å². The second-order valence-electron chi connectivity index (χ2n) is 6.99. The maximum absolute atomic E-state index is 12.2. The van der Waals surface area contributed by atoms with Crippen LogP contribution in [-0.4, -0.2) is 33.4 Å². The van der Waals surface area contributed by atoms with Crippen LogP contribution in [0.1, 0.15) is 12.2 Å². The molecule has 3 aromatic rings. The van der Waals surface area contributed by atoms with Crippen molar-refractivity contribution >= 4 is 57.9 Å². The number of amides is 2. The van der Waals surface area contributed by atoms with Crippen LogP contribution in [0.5, 0.6) is 0 Å². The molecular weight excluding hydrogens is 482 g/mol. The number of carbonyl (C=O) groups is 2. The van der Waals surface area contributed by atoms with E-state index >= 15 is 0 Å². The number of rotatable bonds is 7. The minimum absolute atomic E-state index is 0.0110. The number of furan rings is 1. The lowest BCUT2D eigenvalue weighted by Crippen LogP contribution is -2.28. The van der Waals surface area contributed by atoms with Crippen LogP contribution in [0.2, 0.25) is 5.02 Å². The summed E-state index contributed by atoms with van der Waals surface area (Å²) in [6.07, 6.45) is 1.33. The maximum atomic E-state index is 12.2. The van der Waals surface area contributed by atoms with E-state index in [2.05, 4.69) is 20.8 Å². The highest BCUT2D eigenvalue weighted by Gasteiger charge is 2.32. The fourth-order valence-electron chi connectivity index (χ4n) is 3.01. The minimum Gasteiger partial charge on any atom is -0.455 e. The first-order valence-electron chi connectivity index (χ1n) is 9.86. The number of hydrogen-bond acceptors (Lipinski definition) is 8. The van der Waals surface area contributed by atoms with E-state index in [4.69, 9.17) is 16.0 Å². The Morgan fingerprint density at radius 2 is 2.03 bits per heavy atom. The molecule has 0 saturated carbocycles. The molecule has 1 aromatic heterocycles. The Kier molecular flexibility index (Phi) is 7.04. The topological polar surface area (TPSA) is 139 Å². The molecule has 1 atom stereocenters. The number of anilines is 1. The number of halogens is 1. The average Bonchev–Trinajstić information content (AvgIpc) is 3.41. The van der Waals surface area contributed by atoms with Crippen LogP contribution in [0.4, 0.5) is 11.4 Å². The van der Waals surface area contributed by atoms with Gasteiger partial charge in [-0.25, -0.2) is 0 Å². The molecule has 172 valence electrons. The molecule has 2 aromatic carbocycles. The molecule has 0 bridgehead atoms. The third kappa shape index (κ3) is 5.69. The van der Waals surface area contributed by atoms with Crippen molar-refractivity contribution in [2.45, 2.75) is 11.7 Å². The molecule has 12 heteroatoms. The van der Waals surface area contributed by atoms with Gasteiger partial charge >= 0.3 is 0 Å². The summed E-state index contributed by atoms with van der Waals surface area (Å²) in [6, 6.07) is 16.6. The van der Waals surface area contributed by atoms with E-state index in [1.54, 1.807) is 42.5 Å². The van der Waals surface area contributed by atoms with E-state index in [0.29, 0.717) is 22.8 Å². The highest BCUT2D eigenvalue weighted by Crippen LogP contribution is 2.31. The summed E-state index contributed by atoms with van der Waals surface area (Å²) in [5.41, 5.74) is 0.913. The smallest absolute Gasteiger partial charge is 0.288 e. The van der Waals surface area contributed by atoms with Gasteiger partial charge in [-0.15, -0.1) is 5.10 Å². The molecule has 34 heavy (non-hydrogen) atoms. The first kappa shape index (κ1) is 23.2. The Morgan fingerprint density at radius 1 is 1.24 bits per heavy atom. The standard InChI is InChI=1S/C22H16ClN5O5S/c23-16-8-6-13(10-17(16)28(31)32)18-9-7-15(33-18)12-24-27-22-26-21(30)19(34-22)11-20(29)25-14-4-2-1-3-5-14/h1-10,12,19H,11H2,(H,25,29)(H,26,27,30)/b24-12+. The fourth-order valence-corrected chi connectivity index (χ4v) is 4.12. The van der Waals surface area contributed by atoms with Crippen LogP contribution >= 0.6 is 23.4 Å². The molecule has 4 rings (SSSR count). The number of carbonyl (C=O) groups excluding carboxylic acids is 2. The van der Waals surface area contributed by atoms with E-state index in [1.165, 1.54) is 18.3 Å². The minimum atomic E-state index is -0.617. The van der Waals surface area contributed by atoms with E-state index in [1.807, 2.05) is 6.07 Å². The predicted octanol–water partition coefficient (Wildman–Crippen LogP) is 4.46. The molecule has 1 aliphatic heterocycles. The first-order valence-corrected chi connectivity index (χ1v) is 11.1. The van der Waals surface area contributed by atoms with Gasteiger partial charge in [0.15, 0.2) is 5.17 Å². The molecule has 1 saturated heterocycles. The van der Waals surface area contributed by atoms with Gasteiger partial charge in [0.05, 0.1) is 11.1 Å². The number of para-hydroxylation sites is 1. The Hall–Kier alpha value is -3.96. The molecule has 1 unspecified atom stereocenters. The molecule has 2 N–H and O–H groups in total. The number of thioether (sulfide) groups is 1.